The largest absolute Gasteiger partial charge is 0.394 e. The number of aliphatic hydroxyl groups is 16. The van der Waals surface area contributed by atoms with Gasteiger partial charge >= 0.3 is 0 Å². The second-order valence-corrected chi connectivity index (χ2v) is 20.8. The van der Waals surface area contributed by atoms with Crippen molar-refractivity contribution in [3.63, 3.8) is 0 Å². The molecule has 32 nitrogen and oxygen atoms in total. The SMILES string of the molecule is NC(=O)CCC(CCCCCC(=O)N(CCO[C@H]1O[C@H](CO)[C@@H](O)[C@H](O)[C@@H]1O)CCO[C@H]1O[C@H](CO)[C@@H](O)[C@H](O)[C@@H]1O)(CCCCCC(=O)N(CCO[C@H]1O[C@H](CO)[C@@H](O)[C@H](O)[C@@H]1O)CCO[C@H]1O[C@H](CO)[C@@H](O)[C@H](O)[C@@H]1O)C(N)=O. The maximum atomic E-state index is 13.7. The van der Waals surface area contributed by atoms with E-state index in [9.17, 15) is 101 Å². The summed E-state index contributed by atoms with van der Waals surface area (Å²) >= 11 is 0. The van der Waals surface area contributed by atoms with Crippen LogP contribution >= 0.6 is 0 Å². The predicted octanol–water partition coefficient (Wildman–Crippen LogP) is -9.45. The summed E-state index contributed by atoms with van der Waals surface area (Å²) in [4.78, 5) is 55.2. The van der Waals surface area contributed by atoms with Crippen molar-refractivity contribution in [2.45, 2.75) is 200 Å². The number of unbranched alkanes of at least 4 members (excludes halogenated alkanes) is 4. The lowest BCUT2D eigenvalue weighted by atomic mass is 9.73. The normalized spacial score (nSPS) is 34.7. The molecular formula is C49H88N4O28. The highest BCUT2D eigenvalue weighted by Gasteiger charge is 2.48. The van der Waals surface area contributed by atoms with E-state index in [4.69, 9.17) is 49.4 Å². The smallest absolute Gasteiger partial charge is 0.223 e. The van der Waals surface area contributed by atoms with Crippen molar-refractivity contribution in [2.75, 3.05) is 79.0 Å². The van der Waals surface area contributed by atoms with Gasteiger partial charge in [0.15, 0.2) is 25.2 Å². The lowest BCUT2D eigenvalue weighted by Gasteiger charge is -2.40. The molecular weight excluding hydrogens is 1090 g/mol. The van der Waals surface area contributed by atoms with Crippen LogP contribution in [-0.2, 0) is 57.1 Å². The van der Waals surface area contributed by atoms with Crippen molar-refractivity contribution in [3.8, 4) is 0 Å². The molecule has 81 heavy (non-hydrogen) atoms. The van der Waals surface area contributed by atoms with E-state index in [-0.39, 0.29) is 104 Å². The molecule has 0 aromatic rings. The molecule has 32 heteroatoms. The highest BCUT2D eigenvalue weighted by atomic mass is 16.7. The molecule has 0 aliphatic carbocycles. The highest BCUT2D eigenvalue weighted by molar-refractivity contribution is 5.82. The molecule has 0 radical (unpaired) electrons. The van der Waals surface area contributed by atoms with Gasteiger partial charge in [-0.1, -0.05) is 25.7 Å². The third kappa shape index (κ3) is 20.0. The molecule has 0 aromatic heterocycles. The zero-order valence-electron chi connectivity index (χ0n) is 45.1. The summed E-state index contributed by atoms with van der Waals surface area (Å²) in [5.74, 6) is -2.23. The molecule has 4 fully saturated rings. The molecule has 4 aliphatic rings. The minimum Gasteiger partial charge on any atom is -0.394 e. The lowest BCUT2D eigenvalue weighted by molar-refractivity contribution is -0.303. The van der Waals surface area contributed by atoms with Gasteiger partial charge in [-0.25, -0.2) is 0 Å². The third-order valence-corrected chi connectivity index (χ3v) is 15.1. The second kappa shape index (κ2) is 34.8. The number of aliphatic hydroxyl groups excluding tert-OH is 16. The van der Waals surface area contributed by atoms with Gasteiger partial charge in [0.2, 0.25) is 23.6 Å². The van der Waals surface area contributed by atoms with Crippen LogP contribution in [0.2, 0.25) is 0 Å². The van der Waals surface area contributed by atoms with Crippen LogP contribution in [0.15, 0.2) is 0 Å². The van der Waals surface area contributed by atoms with Crippen LogP contribution in [0.4, 0.5) is 0 Å². The average Bonchev–Trinajstić information content (AvgIpc) is 3.45. The van der Waals surface area contributed by atoms with Crippen molar-refractivity contribution < 1.29 is 139 Å². The van der Waals surface area contributed by atoms with Crippen LogP contribution in [0.5, 0.6) is 0 Å². The van der Waals surface area contributed by atoms with Gasteiger partial charge in [-0.3, -0.25) is 19.2 Å². The Morgan fingerprint density at radius 3 is 0.877 bits per heavy atom. The Morgan fingerprint density at radius 1 is 0.370 bits per heavy atom. The number of carbonyl (C=O) groups excluding carboxylic acids is 4. The fourth-order valence-corrected chi connectivity index (χ4v) is 9.92. The van der Waals surface area contributed by atoms with Crippen LogP contribution in [0, 0.1) is 5.41 Å². The standard InChI is InChI=1S/C49H88N4O28/c50-29(58)9-12-49(48(51)73,10-5-1-3-7-30(59)52(13-17-74-44-40(69)36(65)32(61)25(21-54)78-44)14-18-75-45-41(70)37(66)33(62)26(22-55)79-45)11-6-2-4-8-31(60)53(15-19-76-46-42(71)38(67)34(63)27(23-56)80-46)16-20-77-47-43(72)39(68)35(64)28(24-57)81-47/h25-28,32-47,54-57,61-72H,1-24H2,(H2,50,58)(H2,51,73)/t25-,26-,27-,28-,32-,33-,34-,35-,36+,37+,38+,39+,40+,41+,42+,43+,44+,45+,46+,47+/m1/s1. The minimum atomic E-state index is -1.72. The average molecular weight is 1180 g/mol. The quantitative estimate of drug-likeness (QED) is 0.0259. The molecule has 472 valence electrons. The molecule has 4 saturated heterocycles. The Hall–Kier alpha value is -3.08. The highest BCUT2D eigenvalue weighted by Crippen LogP contribution is 2.37. The van der Waals surface area contributed by atoms with Crippen molar-refractivity contribution in [3.05, 3.63) is 0 Å². The molecule has 0 spiro atoms. The number of rotatable bonds is 36. The van der Waals surface area contributed by atoms with Crippen LogP contribution in [0.1, 0.15) is 77.0 Å². The number of ether oxygens (including phenoxy) is 8. The molecule has 0 aromatic carbocycles. The molecule has 4 heterocycles. The van der Waals surface area contributed by atoms with Gasteiger partial charge in [-0.05, 0) is 32.1 Å². The van der Waals surface area contributed by atoms with Gasteiger partial charge in [-0.2, -0.15) is 0 Å². The fourth-order valence-electron chi connectivity index (χ4n) is 9.92. The number of amides is 4. The molecule has 4 aliphatic heterocycles. The van der Waals surface area contributed by atoms with E-state index in [1.54, 1.807) is 0 Å². The molecule has 0 saturated carbocycles. The van der Waals surface area contributed by atoms with E-state index in [1.807, 2.05) is 0 Å². The van der Waals surface area contributed by atoms with E-state index in [1.165, 1.54) is 9.80 Å². The van der Waals surface area contributed by atoms with Crippen LogP contribution in [-0.4, -0.2) is 317 Å². The van der Waals surface area contributed by atoms with Crippen LogP contribution in [0.25, 0.3) is 0 Å². The topological polar surface area (TPSA) is 524 Å². The first-order valence-corrected chi connectivity index (χ1v) is 27.3. The van der Waals surface area contributed by atoms with Gasteiger partial charge in [0.25, 0.3) is 0 Å². The maximum Gasteiger partial charge on any atom is 0.223 e. The first-order chi connectivity index (χ1) is 38.5. The van der Waals surface area contributed by atoms with E-state index in [0.29, 0.717) is 25.7 Å². The van der Waals surface area contributed by atoms with Crippen molar-refractivity contribution in [2.24, 2.45) is 16.9 Å². The van der Waals surface area contributed by atoms with Crippen LogP contribution in [0.3, 0.4) is 0 Å². The number of carbonyl (C=O) groups is 4. The first kappa shape index (κ1) is 70.4. The van der Waals surface area contributed by atoms with E-state index >= 15 is 0 Å². The van der Waals surface area contributed by atoms with Gasteiger partial charge < -0.3 is 141 Å². The summed E-state index contributed by atoms with van der Waals surface area (Å²) in [5.41, 5.74) is 10.3. The number of primary amides is 2. The fraction of sp³-hybridized carbons (Fsp3) is 0.918. The second-order valence-electron chi connectivity index (χ2n) is 20.8. The van der Waals surface area contributed by atoms with E-state index in [0.717, 1.165) is 0 Å². The summed E-state index contributed by atoms with van der Waals surface area (Å²) < 4.78 is 43.9. The maximum absolute atomic E-state index is 13.7. The molecule has 4 rings (SSSR count). The predicted molar refractivity (Wildman–Crippen MR) is 268 cm³/mol. The number of hydrogen-bond donors (Lipinski definition) is 18. The monoisotopic (exact) mass is 1180 g/mol. The van der Waals surface area contributed by atoms with Gasteiger partial charge in [0.05, 0.1) is 52.9 Å². The minimum absolute atomic E-state index is 0.0167. The summed E-state index contributed by atoms with van der Waals surface area (Å²) in [7, 11) is 0. The molecule has 4 amide bonds. The summed E-state index contributed by atoms with van der Waals surface area (Å²) in [5, 5.41) is 161. The van der Waals surface area contributed by atoms with Gasteiger partial charge in [-0.15, -0.1) is 0 Å². The Balaban J connectivity index is 1.34. The van der Waals surface area contributed by atoms with E-state index < -0.39 is 178 Å². The molecule has 20 atom stereocenters. The van der Waals surface area contributed by atoms with Crippen molar-refractivity contribution in [1.29, 1.82) is 0 Å². The van der Waals surface area contributed by atoms with Gasteiger partial charge in [0, 0.05) is 50.9 Å². The third-order valence-electron chi connectivity index (χ3n) is 15.1. The Bertz CT molecular complexity index is 1670. The zero-order valence-corrected chi connectivity index (χ0v) is 45.1. The number of nitrogens with two attached hydrogens (primary N) is 2. The van der Waals surface area contributed by atoms with Crippen molar-refractivity contribution >= 4 is 23.6 Å². The molecule has 0 unspecified atom stereocenters. The molecule has 0 bridgehead atoms. The summed E-state index contributed by atoms with van der Waals surface area (Å²) in [6.07, 6.45) is -29.2. The number of hydrogen-bond acceptors (Lipinski definition) is 28. The Labute approximate surface area is 467 Å². The summed E-state index contributed by atoms with van der Waals surface area (Å²) in [6, 6.07) is 0. The van der Waals surface area contributed by atoms with Crippen LogP contribution < -0.4 is 11.5 Å². The summed E-state index contributed by atoms with van der Waals surface area (Å²) in [6.45, 7) is -4.65. The number of nitrogens with zero attached hydrogens (tertiary/aromatic N) is 2. The Kier molecular flexibility index (Phi) is 30.2. The zero-order chi connectivity index (χ0) is 60.1. The lowest BCUT2D eigenvalue weighted by Crippen LogP contribution is -2.59. The van der Waals surface area contributed by atoms with Crippen molar-refractivity contribution in [1.82, 2.24) is 9.80 Å². The van der Waals surface area contributed by atoms with E-state index in [2.05, 4.69) is 0 Å². The first-order valence-electron chi connectivity index (χ1n) is 27.3. The Morgan fingerprint density at radius 2 is 0.642 bits per heavy atom. The van der Waals surface area contributed by atoms with Gasteiger partial charge in [0.1, 0.15) is 97.7 Å². The molecule has 20 N–H and O–H groups in total.